The Balaban J connectivity index is 2.74. The molecule has 0 aliphatic rings. The molecule has 0 N–H and O–H groups in total. The Morgan fingerprint density at radius 2 is 2.27 bits per heavy atom. The maximum atomic E-state index is 3.90. The molecule has 0 spiro atoms. The van der Waals surface area contributed by atoms with Gasteiger partial charge in [-0.05, 0) is 36.8 Å². The number of nitrogens with zero attached hydrogens (tertiary/aromatic N) is 1. The fourth-order valence-electron chi connectivity index (χ4n) is 1.07. The lowest BCUT2D eigenvalue weighted by atomic mass is 10.2. The van der Waals surface area contributed by atoms with Gasteiger partial charge in [0.05, 0.1) is 0 Å². The van der Waals surface area contributed by atoms with E-state index in [1.54, 1.807) is 24.6 Å². The molecule has 0 radical (unpaired) electrons. The van der Waals surface area contributed by atoms with Gasteiger partial charge < -0.3 is 0 Å². The molecule has 1 rings (SSSR count). The zero-order valence-electron chi connectivity index (χ0n) is 9.10. The Bertz CT molecular complexity index is 408. The van der Waals surface area contributed by atoms with Gasteiger partial charge in [0.25, 0.3) is 0 Å². The van der Waals surface area contributed by atoms with Gasteiger partial charge in [0, 0.05) is 23.0 Å². The van der Waals surface area contributed by atoms with Crippen LogP contribution in [0.5, 0.6) is 0 Å². The third kappa shape index (κ3) is 4.09. The first-order valence-electron chi connectivity index (χ1n) is 4.75. The molecular weight excluding hydrogens is 202 g/mol. The monoisotopic (exact) mass is 217 g/mol. The molecule has 0 saturated heterocycles. The number of thiophene rings is 1. The molecule has 0 aliphatic carbocycles. The van der Waals surface area contributed by atoms with E-state index in [1.165, 1.54) is 9.75 Å². The Kier molecular flexibility index (Phi) is 4.78. The summed E-state index contributed by atoms with van der Waals surface area (Å²) in [5, 5.41) is 0. The average Bonchev–Trinajstić information content (AvgIpc) is 2.65. The van der Waals surface area contributed by atoms with Crippen LogP contribution in [0.3, 0.4) is 0 Å². The van der Waals surface area contributed by atoms with Crippen LogP contribution in [-0.4, -0.2) is 13.3 Å². The van der Waals surface area contributed by atoms with Crippen LogP contribution in [0, 0.1) is 6.92 Å². The highest BCUT2D eigenvalue weighted by Crippen LogP contribution is 2.17. The molecule has 1 heterocycles. The maximum absolute atomic E-state index is 3.90. The topological polar surface area (TPSA) is 12.4 Å². The van der Waals surface area contributed by atoms with Crippen molar-refractivity contribution >= 4 is 23.6 Å². The highest BCUT2D eigenvalue weighted by molar-refractivity contribution is 7.12. The van der Waals surface area contributed by atoms with Gasteiger partial charge in [0.2, 0.25) is 0 Å². The molecule has 0 atom stereocenters. The van der Waals surface area contributed by atoms with E-state index in [9.17, 15) is 0 Å². The molecule has 0 aliphatic heterocycles. The summed E-state index contributed by atoms with van der Waals surface area (Å²) in [5.74, 6) is 0. The fourth-order valence-corrected chi connectivity index (χ4v) is 1.85. The largest absolute Gasteiger partial charge is 0.296 e. The summed E-state index contributed by atoms with van der Waals surface area (Å²) in [7, 11) is 1.75. The second-order valence-electron chi connectivity index (χ2n) is 3.06. The van der Waals surface area contributed by atoms with E-state index in [2.05, 4.69) is 36.7 Å². The molecule has 78 valence electrons. The zero-order chi connectivity index (χ0) is 11.1. The van der Waals surface area contributed by atoms with Crippen molar-refractivity contribution in [1.82, 2.24) is 0 Å². The van der Waals surface area contributed by atoms with Crippen LogP contribution in [0.2, 0.25) is 0 Å². The second-order valence-corrected chi connectivity index (χ2v) is 4.38. The van der Waals surface area contributed by atoms with E-state index < -0.39 is 0 Å². The molecule has 0 unspecified atom stereocenters. The van der Waals surface area contributed by atoms with Crippen molar-refractivity contribution in [3.05, 3.63) is 52.3 Å². The van der Waals surface area contributed by atoms with Crippen LogP contribution in [0.1, 0.15) is 9.75 Å². The van der Waals surface area contributed by atoms with E-state index in [-0.39, 0.29) is 0 Å². The van der Waals surface area contributed by atoms with Gasteiger partial charge in [-0.3, -0.25) is 4.99 Å². The van der Waals surface area contributed by atoms with Crippen molar-refractivity contribution in [1.29, 1.82) is 0 Å². The Morgan fingerprint density at radius 1 is 1.47 bits per heavy atom. The van der Waals surface area contributed by atoms with Gasteiger partial charge in [-0.15, -0.1) is 11.3 Å². The smallest absolute Gasteiger partial charge is 0.0277 e. The quantitative estimate of drug-likeness (QED) is 0.536. The van der Waals surface area contributed by atoms with Crippen molar-refractivity contribution in [3.8, 4) is 0 Å². The predicted molar refractivity (Wildman–Crippen MR) is 70.8 cm³/mol. The van der Waals surface area contributed by atoms with Crippen LogP contribution in [-0.2, 0) is 0 Å². The molecule has 2 heteroatoms. The van der Waals surface area contributed by atoms with E-state index in [0.29, 0.717) is 0 Å². The lowest BCUT2D eigenvalue weighted by Gasteiger charge is -1.89. The minimum atomic E-state index is 1.06. The second kappa shape index (κ2) is 6.14. The SMILES string of the molecule is C=CC(/C=C/c1ccc(C)s1)=C\C=NC. The molecule has 0 bridgehead atoms. The molecule has 1 aromatic heterocycles. The zero-order valence-corrected chi connectivity index (χ0v) is 9.92. The number of rotatable bonds is 4. The lowest BCUT2D eigenvalue weighted by Crippen LogP contribution is -1.72. The predicted octanol–water partition coefficient (Wildman–Crippen LogP) is 3.88. The number of hydrogen-bond donors (Lipinski definition) is 0. The first kappa shape index (κ1) is 11.7. The average molecular weight is 217 g/mol. The van der Waals surface area contributed by atoms with Crippen LogP contribution >= 0.6 is 11.3 Å². The summed E-state index contributed by atoms with van der Waals surface area (Å²) >= 11 is 1.78. The van der Waals surface area contributed by atoms with Gasteiger partial charge in [0.15, 0.2) is 0 Å². The Hall–Kier alpha value is -1.41. The minimum absolute atomic E-state index is 1.06. The van der Waals surface area contributed by atoms with E-state index in [0.717, 1.165) is 5.57 Å². The van der Waals surface area contributed by atoms with Crippen molar-refractivity contribution in [2.45, 2.75) is 6.92 Å². The first-order chi connectivity index (χ1) is 7.26. The summed E-state index contributed by atoms with van der Waals surface area (Å²) in [4.78, 5) is 6.49. The van der Waals surface area contributed by atoms with Gasteiger partial charge in [-0.2, -0.15) is 0 Å². The number of aryl methyl sites for hydroxylation is 1. The van der Waals surface area contributed by atoms with Crippen molar-refractivity contribution in [2.24, 2.45) is 4.99 Å². The van der Waals surface area contributed by atoms with Crippen LogP contribution in [0.25, 0.3) is 6.08 Å². The Morgan fingerprint density at radius 3 is 2.80 bits per heavy atom. The minimum Gasteiger partial charge on any atom is -0.296 e. The van der Waals surface area contributed by atoms with Gasteiger partial charge in [-0.1, -0.05) is 18.7 Å². The first-order valence-corrected chi connectivity index (χ1v) is 5.57. The van der Waals surface area contributed by atoms with Crippen molar-refractivity contribution in [2.75, 3.05) is 7.05 Å². The third-order valence-corrected chi connectivity index (χ3v) is 2.82. The Labute approximate surface area is 95.2 Å². The maximum Gasteiger partial charge on any atom is 0.0277 e. The van der Waals surface area contributed by atoms with Crippen LogP contribution in [0.15, 0.2) is 47.5 Å². The van der Waals surface area contributed by atoms with Crippen molar-refractivity contribution in [3.63, 3.8) is 0 Å². The van der Waals surface area contributed by atoms with Crippen LogP contribution < -0.4 is 0 Å². The highest BCUT2D eigenvalue weighted by Gasteiger charge is 1.90. The number of allylic oxidation sites excluding steroid dienone is 4. The number of aliphatic imine (C=N–C) groups is 1. The van der Waals surface area contributed by atoms with Gasteiger partial charge >= 0.3 is 0 Å². The summed E-state index contributed by atoms with van der Waals surface area (Å²) < 4.78 is 0. The molecule has 0 aromatic carbocycles. The van der Waals surface area contributed by atoms with Crippen molar-refractivity contribution < 1.29 is 0 Å². The third-order valence-electron chi connectivity index (χ3n) is 1.85. The summed E-state index contributed by atoms with van der Waals surface area (Å²) in [6, 6.07) is 4.24. The van der Waals surface area contributed by atoms with Gasteiger partial charge in [-0.25, -0.2) is 0 Å². The molecule has 0 amide bonds. The molecule has 0 saturated carbocycles. The number of hydrogen-bond acceptors (Lipinski definition) is 2. The van der Waals surface area contributed by atoms with Crippen LogP contribution in [0.4, 0.5) is 0 Å². The molecule has 15 heavy (non-hydrogen) atoms. The van der Waals surface area contributed by atoms with E-state index in [4.69, 9.17) is 0 Å². The molecule has 1 nitrogen and oxygen atoms in total. The molecule has 1 aromatic rings. The summed E-state index contributed by atoms with van der Waals surface area (Å²) in [6.45, 7) is 5.86. The fraction of sp³-hybridized carbons (Fsp3) is 0.154. The van der Waals surface area contributed by atoms with E-state index >= 15 is 0 Å². The van der Waals surface area contributed by atoms with Gasteiger partial charge in [0.1, 0.15) is 0 Å². The van der Waals surface area contributed by atoms with E-state index in [1.807, 2.05) is 18.2 Å². The summed E-state index contributed by atoms with van der Waals surface area (Å²) in [5.41, 5.74) is 1.06. The molecular formula is C13H15NS. The molecule has 0 fully saturated rings. The standard InChI is InChI=1S/C13H15NS/c1-4-12(9-10-14-3)6-8-13-7-5-11(2)15-13/h4-10H,1H2,2-3H3/b8-6+,12-9+,14-10?. The normalized spacial score (nSPS) is 12.8. The lowest BCUT2D eigenvalue weighted by molar-refractivity contribution is 1.47. The summed E-state index contributed by atoms with van der Waals surface area (Å²) in [6.07, 6.45) is 9.65. The highest BCUT2D eigenvalue weighted by atomic mass is 32.1.